The molecule has 0 saturated heterocycles. The second-order valence-electron chi connectivity index (χ2n) is 14.0. The molecule has 3 aliphatic carbocycles. The van der Waals surface area contributed by atoms with Crippen LogP contribution in [0.25, 0.3) is 0 Å². The van der Waals surface area contributed by atoms with Crippen molar-refractivity contribution in [1.29, 1.82) is 0 Å². The van der Waals surface area contributed by atoms with E-state index in [-0.39, 0.29) is 5.92 Å². The quantitative estimate of drug-likeness (QED) is 0.106. The smallest absolute Gasteiger partial charge is 0.344 e. The second-order valence-corrected chi connectivity index (χ2v) is 16.3. The SMILES string of the molecule is CCC(C)(I)C(=O)OCC(=O)OC1CC2(C(O)(CC)CC)CC3(C(O)(CC)CC)CCC1C(C(O)(CC)CC)(C3)C2. The molecule has 8 heteroatoms. The predicted molar refractivity (Wildman–Crippen MR) is 169 cm³/mol. The van der Waals surface area contributed by atoms with Gasteiger partial charge in [-0.2, -0.15) is 0 Å². The van der Waals surface area contributed by atoms with Crippen LogP contribution < -0.4 is 0 Å². The molecular weight excluding hydrogens is 635 g/mol. The fourth-order valence-corrected chi connectivity index (χ4v) is 10.0. The molecule has 3 aliphatic rings. The van der Waals surface area contributed by atoms with Crippen LogP contribution in [0.5, 0.6) is 0 Å². The Hall–Kier alpha value is -0.450. The number of hydrogen-bond donors (Lipinski definition) is 3. The van der Waals surface area contributed by atoms with E-state index >= 15 is 0 Å². The number of fused-ring (bicyclic) bond motifs is 2. The Morgan fingerprint density at radius 3 is 1.76 bits per heavy atom. The molecular formula is C33H57IO7. The minimum atomic E-state index is -1.04. The number of carbonyl (C=O) groups is 2. The van der Waals surface area contributed by atoms with E-state index in [1.807, 2.05) is 57.2 Å². The van der Waals surface area contributed by atoms with E-state index in [2.05, 4.69) is 13.8 Å². The van der Waals surface area contributed by atoms with Gasteiger partial charge in [-0.25, -0.2) is 4.79 Å². The van der Waals surface area contributed by atoms with Crippen molar-refractivity contribution in [2.45, 2.75) is 165 Å². The van der Waals surface area contributed by atoms with Crippen LogP contribution in [0.15, 0.2) is 0 Å². The highest BCUT2D eigenvalue weighted by Gasteiger charge is 2.75. The average molecular weight is 693 g/mol. The van der Waals surface area contributed by atoms with Crippen LogP contribution in [0.1, 0.15) is 139 Å². The molecule has 3 bridgehead atoms. The molecule has 0 spiro atoms. The number of ether oxygens (including phenoxy) is 2. The van der Waals surface area contributed by atoms with Gasteiger partial charge in [0.1, 0.15) is 9.53 Å². The Labute approximate surface area is 262 Å². The molecule has 0 aromatic carbocycles. The zero-order valence-corrected chi connectivity index (χ0v) is 29.1. The fourth-order valence-electron chi connectivity index (χ4n) is 9.86. The Kier molecular flexibility index (Phi) is 10.4. The third kappa shape index (κ3) is 5.41. The van der Waals surface area contributed by atoms with E-state index in [1.54, 1.807) is 6.92 Å². The molecule has 0 radical (unpaired) electrons. The minimum Gasteiger partial charge on any atom is -0.460 e. The number of alkyl halides is 1. The van der Waals surface area contributed by atoms with Gasteiger partial charge in [0.25, 0.3) is 0 Å². The molecule has 0 heterocycles. The fraction of sp³-hybridized carbons (Fsp3) is 0.939. The first kappa shape index (κ1) is 35.0. The van der Waals surface area contributed by atoms with Crippen LogP contribution in [0.2, 0.25) is 0 Å². The zero-order chi connectivity index (χ0) is 31.1. The maximum Gasteiger partial charge on any atom is 0.344 e. The third-order valence-electron chi connectivity index (χ3n) is 12.8. The van der Waals surface area contributed by atoms with Gasteiger partial charge in [-0.1, -0.05) is 71.1 Å². The molecule has 3 saturated carbocycles. The number of halogens is 1. The Morgan fingerprint density at radius 1 is 0.780 bits per heavy atom. The van der Waals surface area contributed by atoms with Gasteiger partial charge >= 0.3 is 11.9 Å². The Morgan fingerprint density at radius 2 is 1.27 bits per heavy atom. The summed E-state index contributed by atoms with van der Waals surface area (Å²) in [5, 5.41) is 37.2. The lowest BCUT2D eigenvalue weighted by atomic mass is 9.32. The summed E-state index contributed by atoms with van der Waals surface area (Å²) in [6.45, 7) is 15.4. The van der Waals surface area contributed by atoms with Crippen molar-refractivity contribution < 1.29 is 34.4 Å². The van der Waals surface area contributed by atoms with Crippen molar-refractivity contribution in [3.8, 4) is 0 Å². The van der Waals surface area contributed by atoms with Crippen LogP contribution in [-0.2, 0) is 19.1 Å². The summed E-state index contributed by atoms with van der Waals surface area (Å²) in [6.07, 6.45) is 7.38. The summed E-state index contributed by atoms with van der Waals surface area (Å²) >= 11 is 2.05. The largest absolute Gasteiger partial charge is 0.460 e. The first-order valence-electron chi connectivity index (χ1n) is 16.2. The van der Waals surface area contributed by atoms with Gasteiger partial charge in [0.15, 0.2) is 6.61 Å². The summed E-state index contributed by atoms with van der Waals surface area (Å²) in [7, 11) is 0. The number of hydrogen-bond acceptors (Lipinski definition) is 7. The van der Waals surface area contributed by atoms with Crippen molar-refractivity contribution in [2.24, 2.45) is 22.2 Å². The molecule has 0 aromatic rings. The van der Waals surface area contributed by atoms with Gasteiger partial charge in [0.05, 0.1) is 16.8 Å². The summed E-state index contributed by atoms with van der Waals surface area (Å²) in [6, 6.07) is 0. The molecule has 0 aliphatic heterocycles. The van der Waals surface area contributed by atoms with Crippen LogP contribution in [0.3, 0.4) is 0 Å². The maximum absolute atomic E-state index is 13.3. The average Bonchev–Trinajstić information content (AvgIpc) is 2.97. The predicted octanol–water partition coefficient (Wildman–Crippen LogP) is 6.66. The van der Waals surface area contributed by atoms with Crippen molar-refractivity contribution in [3.05, 3.63) is 0 Å². The molecule has 6 unspecified atom stereocenters. The highest BCUT2D eigenvalue weighted by molar-refractivity contribution is 14.1. The van der Waals surface area contributed by atoms with E-state index in [1.165, 1.54) is 0 Å². The highest BCUT2D eigenvalue weighted by atomic mass is 127. The van der Waals surface area contributed by atoms with E-state index in [4.69, 9.17) is 9.47 Å². The minimum absolute atomic E-state index is 0.116. The zero-order valence-electron chi connectivity index (χ0n) is 26.9. The van der Waals surface area contributed by atoms with Gasteiger partial charge in [-0.05, 0) is 90.4 Å². The van der Waals surface area contributed by atoms with Gasteiger partial charge in [0, 0.05) is 22.2 Å². The number of carbonyl (C=O) groups excluding carboxylic acids is 2. The van der Waals surface area contributed by atoms with Gasteiger partial charge in [0.2, 0.25) is 0 Å². The number of aliphatic hydroxyl groups is 3. The summed E-state index contributed by atoms with van der Waals surface area (Å²) in [5.41, 5.74) is -4.72. The van der Waals surface area contributed by atoms with Crippen LogP contribution >= 0.6 is 22.6 Å². The molecule has 0 amide bonds. The summed E-state index contributed by atoms with van der Waals surface area (Å²) < 4.78 is 10.9. The Bertz CT molecular complexity index is 941. The van der Waals surface area contributed by atoms with E-state index in [0.717, 1.165) is 12.8 Å². The highest BCUT2D eigenvalue weighted by Crippen LogP contribution is 2.77. The van der Waals surface area contributed by atoms with Gasteiger partial charge in [-0.15, -0.1) is 0 Å². The van der Waals surface area contributed by atoms with Gasteiger partial charge in [-0.3, -0.25) is 4.79 Å². The topological polar surface area (TPSA) is 113 Å². The lowest BCUT2D eigenvalue weighted by Crippen LogP contribution is -2.74. The van der Waals surface area contributed by atoms with Crippen molar-refractivity contribution in [3.63, 3.8) is 0 Å². The summed E-state index contributed by atoms with van der Waals surface area (Å²) in [5.74, 6) is -1.14. The van der Waals surface area contributed by atoms with Crippen molar-refractivity contribution >= 4 is 34.5 Å². The molecule has 3 N–H and O–H groups in total. The standard InChI is InChI=1S/C33H57IO7/c1-9-27(8,34)26(36)40-19-25(35)41-24-18-29(32(38,12-4)13-5)20-28(31(37,10-2)11-3)17-16-23(24)30(21-28,22-29)33(39,14-6)15-7/h23-24,37-39H,9-22H2,1-8H3. The normalized spacial score (nSPS) is 33.3. The van der Waals surface area contributed by atoms with Crippen LogP contribution in [0, 0.1) is 22.2 Å². The van der Waals surface area contributed by atoms with Crippen molar-refractivity contribution in [2.75, 3.05) is 6.61 Å². The lowest BCUT2D eigenvalue weighted by molar-refractivity contribution is -0.323. The van der Waals surface area contributed by atoms with Crippen molar-refractivity contribution in [1.82, 2.24) is 0 Å². The molecule has 41 heavy (non-hydrogen) atoms. The molecule has 238 valence electrons. The molecule has 0 aromatic heterocycles. The molecule has 3 rings (SSSR count). The van der Waals surface area contributed by atoms with E-state index in [0.29, 0.717) is 70.6 Å². The molecule has 6 atom stereocenters. The first-order valence-corrected chi connectivity index (χ1v) is 17.3. The maximum atomic E-state index is 13.3. The molecule has 3 fully saturated rings. The first-order chi connectivity index (χ1) is 19.0. The summed E-state index contributed by atoms with van der Waals surface area (Å²) in [4.78, 5) is 25.8. The van der Waals surface area contributed by atoms with Crippen LogP contribution in [0.4, 0.5) is 0 Å². The monoisotopic (exact) mass is 692 g/mol. The van der Waals surface area contributed by atoms with Crippen LogP contribution in [-0.4, -0.2) is 60.2 Å². The lowest BCUT2D eigenvalue weighted by Gasteiger charge is -2.74. The third-order valence-corrected chi connectivity index (χ3v) is 14.0. The number of rotatable bonds is 14. The molecule has 7 nitrogen and oxygen atoms in total. The van der Waals surface area contributed by atoms with Gasteiger partial charge < -0.3 is 24.8 Å². The van der Waals surface area contributed by atoms with E-state index in [9.17, 15) is 24.9 Å². The Balaban J connectivity index is 2.14. The second kappa shape index (κ2) is 12.2. The van der Waals surface area contributed by atoms with E-state index < -0.39 is 61.1 Å². The number of esters is 2.